The van der Waals surface area contributed by atoms with E-state index in [4.69, 9.17) is 12.2 Å². The van der Waals surface area contributed by atoms with Gasteiger partial charge in [0.25, 0.3) is 0 Å². The van der Waals surface area contributed by atoms with Gasteiger partial charge in [0.2, 0.25) is 0 Å². The largest absolute Gasteiger partial charge is 0.357 e. The normalized spacial score (nSPS) is 19.3. The maximum Gasteiger partial charge on any atom is 0.181 e. The zero-order valence-corrected chi connectivity index (χ0v) is 14.2. The Morgan fingerprint density at radius 1 is 1.16 bits per heavy atom. The number of nitrogens with one attached hydrogen (secondary N) is 3. The molecule has 1 rings (SSSR count). The summed E-state index contributed by atoms with van der Waals surface area (Å²) in [7, 11) is 2.24. The Hall–Kier alpha value is -0.390. The smallest absolute Gasteiger partial charge is 0.181 e. The highest BCUT2D eigenvalue weighted by Gasteiger charge is 2.26. The molecule has 0 unspecified atom stereocenters. The summed E-state index contributed by atoms with van der Waals surface area (Å²) < 4.78 is 0. The van der Waals surface area contributed by atoms with Crippen molar-refractivity contribution >= 4 is 17.3 Å². The lowest BCUT2D eigenvalue weighted by molar-refractivity contribution is -0.884. The predicted molar refractivity (Wildman–Crippen MR) is 85.2 cm³/mol. The van der Waals surface area contributed by atoms with E-state index in [1.807, 2.05) is 0 Å². The van der Waals surface area contributed by atoms with Crippen molar-refractivity contribution in [3.05, 3.63) is 0 Å². The fraction of sp³-hybridized carbons (Fsp3) is 0.929. The Labute approximate surface area is 123 Å². The van der Waals surface area contributed by atoms with Crippen molar-refractivity contribution in [2.45, 2.75) is 46.6 Å². The van der Waals surface area contributed by atoms with Gasteiger partial charge in [-0.1, -0.05) is 20.8 Å². The molecular weight excluding hydrogens is 256 g/mol. The van der Waals surface area contributed by atoms with Crippen LogP contribution in [0.4, 0.5) is 0 Å². The standard InChI is InChI=1S/C14H30N4S/c1-13(2,3)11-14(4,5)15-12(19)16-18-9-7-17(6)8-10-18/h7-11H2,1-6H3,(H2,15,16,19)/p+1. The molecule has 0 spiro atoms. The number of hydrazine groups is 1. The maximum absolute atomic E-state index is 5.43. The van der Waals surface area contributed by atoms with Crippen LogP contribution >= 0.6 is 12.2 Å². The van der Waals surface area contributed by atoms with Gasteiger partial charge in [-0.3, -0.25) is 5.43 Å². The summed E-state index contributed by atoms with van der Waals surface area (Å²) in [5.41, 5.74) is 3.63. The number of nitrogens with zero attached hydrogens (tertiary/aromatic N) is 1. The third-order valence-corrected chi connectivity index (χ3v) is 3.49. The summed E-state index contributed by atoms with van der Waals surface area (Å²) in [4.78, 5) is 1.59. The van der Waals surface area contributed by atoms with Gasteiger partial charge in [-0.15, -0.1) is 0 Å². The van der Waals surface area contributed by atoms with Crippen molar-refractivity contribution in [2.24, 2.45) is 5.41 Å². The average Bonchev–Trinajstić information content (AvgIpc) is 2.16. The zero-order chi connectivity index (χ0) is 14.7. The van der Waals surface area contributed by atoms with Gasteiger partial charge in [0, 0.05) is 5.54 Å². The first kappa shape index (κ1) is 16.7. The van der Waals surface area contributed by atoms with Gasteiger partial charge in [0.15, 0.2) is 5.11 Å². The molecular formula is C14H31N4S+. The van der Waals surface area contributed by atoms with E-state index < -0.39 is 0 Å². The zero-order valence-electron chi connectivity index (χ0n) is 13.4. The molecule has 1 aliphatic rings. The average molecular weight is 287 g/mol. The first-order chi connectivity index (χ1) is 8.57. The Balaban J connectivity index is 2.38. The lowest BCUT2D eigenvalue weighted by Gasteiger charge is -2.36. The van der Waals surface area contributed by atoms with E-state index in [1.54, 1.807) is 4.90 Å². The van der Waals surface area contributed by atoms with E-state index in [0.29, 0.717) is 5.41 Å². The Morgan fingerprint density at radius 3 is 2.16 bits per heavy atom. The minimum atomic E-state index is 0.0140. The minimum absolute atomic E-state index is 0.0140. The molecule has 19 heavy (non-hydrogen) atoms. The molecule has 0 aromatic carbocycles. The van der Waals surface area contributed by atoms with Gasteiger partial charge in [-0.05, 0) is 37.9 Å². The molecule has 1 aliphatic heterocycles. The van der Waals surface area contributed by atoms with Crippen LogP contribution in [0, 0.1) is 5.41 Å². The van der Waals surface area contributed by atoms with Crippen LogP contribution in [-0.4, -0.2) is 48.9 Å². The molecule has 4 nitrogen and oxygen atoms in total. The molecule has 0 aliphatic carbocycles. The van der Waals surface area contributed by atoms with Gasteiger partial charge in [-0.25, -0.2) is 5.01 Å². The Morgan fingerprint density at radius 2 is 1.68 bits per heavy atom. The lowest BCUT2D eigenvalue weighted by atomic mass is 9.82. The summed E-state index contributed by atoms with van der Waals surface area (Å²) in [6, 6.07) is 0. The highest BCUT2D eigenvalue weighted by molar-refractivity contribution is 7.80. The van der Waals surface area contributed by atoms with E-state index in [-0.39, 0.29) is 5.54 Å². The van der Waals surface area contributed by atoms with Crippen molar-refractivity contribution in [1.29, 1.82) is 0 Å². The van der Waals surface area contributed by atoms with Crippen LogP contribution < -0.4 is 15.6 Å². The molecule has 1 fully saturated rings. The highest BCUT2D eigenvalue weighted by atomic mass is 32.1. The minimum Gasteiger partial charge on any atom is -0.357 e. The molecule has 0 radical (unpaired) electrons. The summed E-state index contributed by atoms with van der Waals surface area (Å²) in [5.74, 6) is 0. The molecule has 0 aromatic rings. The molecule has 1 heterocycles. The monoisotopic (exact) mass is 287 g/mol. The number of quaternary nitrogens is 1. The van der Waals surface area contributed by atoms with Crippen LogP contribution in [-0.2, 0) is 0 Å². The number of hydrogen-bond acceptors (Lipinski definition) is 2. The second-order valence-corrected chi connectivity index (χ2v) is 8.04. The summed E-state index contributed by atoms with van der Waals surface area (Å²) in [6.07, 6.45) is 1.08. The van der Waals surface area contributed by atoms with E-state index >= 15 is 0 Å². The van der Waals surface area contributed by atoms with Crippen LogP contribution in [0.15, 0.2) is 0 Å². The summed E-state index contributed by atoms with van der Waals surface area (Å²) in [6.45, 7) is 15.6. The number of thiocarbonyl (C=S) groups is 1. The molecule has 0 aromatic heterocycles. The number of rotatable bonds is 3. The highest BCUT2D eigenvalue weighted by Crippen LogP contribution is 2.26. The Kier molecular flexibility index (Phi) is 5.59. The van der Waals surface area contributed by atoms with E-state index in [9.17, 15) is 0 Å². The van der Waals surface area contributed by atoms with E-state index in [0.717, 1.165) is 24.6 Å². The first-order valence-corrected chi connectivity index (χ1v) is 7.63. The number of hydrogen-bond donors (Lipinski definition) is 3. The fourth-order valence-electron chi connectivity index (χ4n) is 2.85. The molecule has 0 atom stereocenters. The molecule has 5 heteroatoms. The van der Waals surface area contributed by atoms with Crippen molar-refractivity contribution < 1.29 is 4.90 Å². The van der Waals surface area contributed by atoms with Gasteiger partial charge in [0.05, 0.1) is 33.2 Å². The summed E-state index contributed by atoms with van der Waals surface area (Å²) in [5, 5.41) is 6.41. The van der Waals surface area contributed by atoms with Crippen LogP contribution in [0.2, 0.25) is 0 Å². The molecule has 0 saturated carbocycles. The topological polar surface area (TPSA) is 31.7 Å². The quantitative estimate of drug-likeness (QED) is 0.657. The van der Waals surface area contributed by atoms with Crippen molar-refractivity contribution in [3.8, 4) is 0 Å². The second kappa shape index (κ2) is 6.37. The second-order valence-electron chi connectivity index (χ2n) is 7.63. The van der Waals surface area contributed by atoms with Gasteiger partial charge in [-0.2, -0.15) is 0 Å². The van der Waals surface area contributed by atoms with Crippen molar-refractivity contribution in [2.75, 3.05) is 33.2 Å². The SMILES string of the molecule is C[NH+]1CCN(NC(=S)NC(C)(C)CC(C)(C)C)CC1. The van der Waals surface area contributed by atoms with Gasteiger partial charge < -0.3 is 10.2 Å². The number of likely N-dealkylation sites (N-methyl/N-ethyl adjacent to an activating group) is 1. The molecule has 3 N–H and O–H groups in total. The molecule has 0 bridgehead atoms. The van der Waals surface area contributed by atoms with Crippen LogP contribution in [0.1, 0.15) is 41.0 Å². The molecule has 0 amide bonds. The van der Waals surface area contributed by atoms with Crippen LogP contribution in [0.5, 0.6) is 0 Å². The summed E-state index contributed by atoms with van der Waals surface area (Å²) >= 11 is 5.43. The first-order valence-electron chi connectivity index (χ1n) is 7.22. The third-order valence-electron chi connectivity index (χ3n) is 3.30. The van der Waals surface area contributed by atoms with Gasteiger partial charge >= 0.3 is 0 Å². The van der Waals surface area contributed by atoms with E-state index in [2.05, 4.69) is 57.4 Å². The van der Waals surface area contributed by atoms with E-state index in [1.165, 1.54) is 13.1 Å². The lowest BCUT2D eigenvalue weighted by Crippen LogP contribution is -3.12. The third kappa shape index (κ3) is 7.09. The van der Waals surface area contributed by atoms with Crippen LogP contribution in [0.25, 0.3) is 0 Å². The predicted octanol–water partition coefficient (Wildman–Crippen LogP) is 0.411. The number of piperazine rings is 1. The van der Waals surface area contributed by atoms with Crippen molar-refractivity contribution in [1.82, 2.24) is 15.8 Å². The van der Waals surface area contributed by atoms with Crippen molar-refractivity contribution in [3.63, 3.8) is 0 Å². The Bertz CT molecular complexity index is 301. The van der Waals surface area contributed by atoms with Crippen LogP contribution in [0.3, 0.4) is 0 Å². The molecule has 1 saturated heterocycles. The molecule has 112 valence electrons. The van der Waals surface area contributed by atoms with Gasteiger partial charge in [0.1, 0.15) is 0 Å². The fourth-order valence-corrected chi connectivity index (χ4v) is 3.25. The maximum atomic E-state index is 5.43.